The monoisotopic (exact) mass is 427 g/mol. The SMILES string of the molecule is Cc1cc(O)ccc1Oc1cccc(N(c2cccc(C)c2O)c2cccc(C)c2O)c1. The molecular weight excluding hydrogens is 402 g/mol. The van der Waals surface area contributed by atoms with Gasteiger partial charge in [-0.25, -0.2) is 0 Å². The smallest absolute Gasteiger partial charge is 0.142 e. The predicted molar refractivity (Wildman–Crippen MR) is 127 cm³/mol. The third-order valence-corrected chi connectivity index (χ3v) is 5.38. The van der Waals surface area contributed by atoms with Crippen LogP contribution in [0, 0.1) is 20.8 Å². The van der Waals surface area contributed by atoms with Crippen LogP contribution in [0.2, 0.25) is 0 Å². The fourth-order valence-corrected chi connectivity index (χ4v) is 3.62. The highest BCUT2D eigenvalue weighted by atomic mass is 16.5. The molecule has 0 aliphatic carbocycles. The Morgan fingerprint density at radius 1 is 0.625 bits per heavy atom. The van der Waals surface area contributed by atoms with Gasteiger partial charge in [0.1, 0.15) is 28.7 Å². The van der Waals surface area contributed by atoms with E-state index in [1.54, 1.807) is 23.1 Å². The number of nitrogens with zero attached hydrogens (tertiary/aromatic N) is 1. The maximum Gasteiger partial charge on any atom is 0.142 e. The average molecular weight is 428 g/mol. The molecule has 0 aliphatic heterocycles. The van der Waals surface area contributed by atoms with E-state index in [4.69, 9.17) is 4.74 Å². The van der Waals surface area contributed by atoms with Crippen molar-refractivity contribution >= 4 is 17.1 Å². The first-order chi connectivity index (χ1) is 15.3. The summed E-state index contributed by atoms with van der Waals surface area (Å²) in [4.78, 5) is 1.81. The molecule has 0 amide bonds. The van der Waals surface area contributed by atoms with E-state index in [1.165, 1.54) is 0 Å². The molecule has 0 aromatic heterocycles. The van der Waals surface area contributed by atoms with E-state index in [1.807, 2.05) is 81.4 Å². The van der Waals surface area contributed by atoms with E-state index in [-0.39, 0.29) is 17.2 Å². The molecule has 0 aliphatic rings. The summed E-state index contributed by atoms with van der Waals surface area (Å²) < 4.78 is 6.07. The summed E-state index contributed by atoms with van der Waals surface area (Å²) in [6, 6.07) is 23.4. The van der Waals surface area contributed by atoms with Crippen LogP contribution >= 0.6 is 0 Å². The topological polar surface area (TPSA) is 73.2 Å². The first kappa shape index (κ1) is 21.1. The number of aryl methyl sites for hydroxylation is 3. The zero-order valence-corrected chi connectivity index (χ0v) is 18.2. The van der Waals surface area contributed by atoms with Crippen LogP contribution in [0.1, 0.15) is 16.7 Å². The summed E-state index contributed by atoms with van der Waals surface area (Å²) in [5.41, 5.74) is 4.06. The van der Waals surface area contributed by atoms with E-state index in [9.17, 15) is 15.3 Å². The van der Waals surface area contributed by atoms with Gasteiger partial charge in [0.25, 0.3) is 0 Å². The van der Waals surface area contributed by atoms with Crippen LogP contribution in [-0.4, -0.2) is 15.3 Å². The summed E-state index contributed by atoms with van der Waals surface area (Å²) >= 11 is 0. The molecule has 5 heteroatoms. The van der Waals surface area contributed by atoms with Crippen molar-refractivity contribution in [1.82, 2.24) is 0 Å². The lowest BCUT2D eigenvalue weighted by Gasteiger charge is -2.28. The molecule has 0 saturated heterocycles. The van der Waals surface area contributed by atoms with Gasteiger partial charge in [0.15, 0.2) is 0 Å². The first-order valence-electron chi connectivity index (χ1n) is 10.3. The lowest BCUT2D eigenvalue weighted by Crippen LogP contribution is -2.11. The Morgan fingerprint density at radius 3 is 1.81 bits per heavy atom. The second kappa shape index (κ2) is 8.55. The number of hydrogen-bond donors (Lipinski definition) is 3. The number of anilines is 3. The number of rotatable bonds is 5. The Balaban J connectivity index is 1.84. The molecule has 0 bridgehead atoms. The van der Waals surface area contributed by atoms with E-state index in [2.05, 4.69) is 0 Å². The van der Waals surface area contributed by atoms with Gasteiger partial charge in [-0.1, -0.05) is 30.3 Å². The molecule has 32 heavy (non-hydrogen) atoms. The third kappa shape index (κ3) is 4.05. The molecule has 0 heterocycles. The van der Waals surface area contributed by atoms with Gasteiger partial charge in [-0.2, -0.15) is 0 Å². The van der Waals surface area contributed by atoms with Gasteiger partial charge in [0.05, 0.1) is 17.1 Å². The van der Waals surface area contributed by atoms with Crippen LogP contribution in [0.4, 0.5) is 17.1 Å². The number of benzene rings is 4. The van der Waals surface area contributed by atoms with Crippen molar-refractivity contribution in [3.05, 3.63) is 95.6 Å². The second-order valence-electron chi connectivity index (χ2n) is 7.77. The molecule has 3 N–H and O–H groups in total. The van der Waals surface area contributed by atoms with Crippen molar-refractivity contribution in [2.45, 2.75) is 20.8 Å². The van der Waals surface area contributed by atoms with Gasteiger partial charge in [0.2, 0.25) is 0 Å². The summed E-state index contributed by atoms with van der Waals surface area (Å²) in [6.07, 6.45) is 0. The maximum atomic E-state index is 10.8. The van der Waals surface area contributed by atoms with E-state index in [0.29, 0.717) is 28.6 Å². The molecule has 0 radical (unpaired) electrons. The fourth-order valence-electron chi connectivity index (χ4n) is 3.62. The van der Waals surface area contributed by atoms with E-state index >= 15 is 0 Å². The van der Waals surface area contributed by atoms with Crippen molar-refractivity contribution in [3.63, 3.8) is 0 Å². The first-order valence-corrected chi connectivity index (χ1v) is 10.3. The molecular formula is C27H25NO4. The molecule has 0 fully saturated rings. The van der Waals surface area contributed by atoms with E-state index < -0.39 is 0 Å². The fraction of sp³-hybridized carbons (Fsp3) is 0.111. The van der Waals surface area contributed by atoms with Crippen molar-refractivity contribution in [1.29, 1.82) is 0 Å². The van der Waals surface area contributed by atoms with Crippen molar-refractivity contribution in [3.8, 4) is 28.7 Å². The predicted octanol–water partition coefficient (Wildman–Crippen LogP) is 6.99. The highest BCUT2D eigenvalue weighted by Gasteiger charge is 2.21. The van der Waals surface area contributed by atoms with Crippen molar-refractivity contribution < 1.29 is 20.1 Å². The van der Waals surface area contributed by atoms with Crippen LogP contribution in [0.25, 0.3) is 0 Å². The number of phenols is 3. The highest BCUT2D eigenvalue weighted by Crippen LogP contribution is 2.46. The Morgan fingerprint density at radius 2 is 1.22 bits per heavy atom. The average Bonchev–Trinajstić information content (AvgIpc) is 2.76. The van der Waals surface area contributed by atoms with Crippen LogP contribution in [0.5, 0.6) is 28.7 Å². The van der Waals surface area contributed by atoms with Gasteiger partial charge < -0.3 is 25.0 Å². The van der Waals surface area contributed by atoms with Gasteiger partial charge in [-0.3, -0.25) is 0 Å². The Labute approximate surface area is 187 Å². The van der Waals surface area contributed by atoms with Crippen LogP contribution in [-0.2, 0) is 0 Å². The molecule has 162 valence electrons. The molecule has 0 unspecified atom stereocenters. The second-order valence-corrected chi connectivity index (χ2v) is 7.77. The van der Waals surface area contributed by atoms with Crippen molar-refractivity contribution in [2.24, 2.45) is 0 Å². The molecule has 0 atom stereocenters. The van der Waals surface area contributed by atoms with Crippen LogP contribution in [0.15, 0.2) is 78.9 Å². The summed E-state index contributed by atoms with van der Waals surface area (Å²) in [5, 5.41) is 31.3. The van der Waals surface area contributed by atoms with Gasteiger partial charge in [-0.15, -0.1) is 0 Å². The lowest BCUT2D eigenvalue weighted by atomic mass is 10.1. The zero-order valence-electron chi connectivity index (χ0n) is 18.2. The van der Waals surface area contributed by atoms with Gasteiger partial charge >= 0.3 is 0 Å². The standard InChI is InChI=1S/C27H25NO4/c1-17-7-4-11-23(26(17)30)28(24-12-5-8-18(2)27(24)31)20-9-6-10-22(16-20)32-25-14-13-21(29)15-19(25)3/h4-16,29-31H,1-3H3. The highest BCUT2D eigenvalue weighted by molar-refractivity contribution is 5.84. The van der Waals surface area contributed by atoms with Crippen LogP contribution < -0.4 is 9.64 Å². The molecule has 0 spiro atoms. The Hall–Kier alpha value is -4.12. The maximum absolute atomic E-state index is 10.8. The Kier molecular flexibility index (Phi) is 5.65. The number of para-hydroxylation sites is 2. The minimum absolute atomic E-state index is 0.133. The van der Waals surface area contributed by atoms with Gasteiger partial charge in [0, 0.05) is 6.07 Å². The zero-order chi connectivity index (χ0) is 22.8. The largest absolute Gasteiger partial charge is 0.508 e. The number of aromatic hydroxyl groups is 3. The lowest BCUT2D eigenvalue weighted by molar-refractivity contribution is 0.461. The minimum atomic E-state index is 0.133. The summed E-state index contributed by atoms with van der Waals surface area (Å²) in [6.45, 7) is 5.53. The minimum Gasteiger partial charge on any atom is -0.508 e. The van der Waals surface area contributed by atoms with Gasteiger partial charge in [-0.05, 0) is 79.9 Å². The molecule has 4 aromatic rings. The number of phenolic OH excluding ortho intramolecular Hbond substituents is 3. The molecule has 0 saturated carbocycles. The molecule has 4 aromatic carbocycles. The number of ether oxygens (including phenoxy) is 1. The van der Waals surface area contributed by atoms with E-state index in [0.717, 1.165) is 16.7 Å². The Bertz CT molecular complexity index is 1230. The molecule has 4 rings (SSSR count). The quantitative estimate of drug-likeness (QED) is 0.320. The summed E-state index contributed by atoms with van der Waals surface area (Å²) in [5.74, 6) is 1.66. The van der Waals surface area contributed by atoms with Crippen LogP contribution in [0.3, 0.4) is 0 Å². The third-order valence-electron chi connectivity index (χ3n) is 5.38. The summed E-state index contributed by atoms with van der Waals surface area (Å²) in [7, 11) is 0. The normalized spacial score (nSPS) is 10.7. The number of hydrogen-bond acceptors (Lipinski definition) is 5. The van der Waals surface area contributed by atoms with Crippen molar-refractivity contribution in [2.75, 3.05) is 4.90 Å². The molecule has 5 nitrogen and oxygen atoms in total.